The van der Waals surface area contributed by atoms with E-state index < -0.39 is 0 Å². The number of rotatable bonds is 11. The zero-order chi connectivity index (χ0) is 13.8. The van der Waals surface area contributed by atoms with Gasteiger partial charge >= 0.3 is 0 Å². The predicted molar refractivity (Wildman–Crippen MR) is 82.7 cm³/mol. The Hall–Kier alpha value is -0.860. The molecule has 0 unspecified atom stereocenters. The molecule has 0 atom stereocenters. The molecule has 2 nitrogen and oxygen atoms in total. The first-order valence-corrected chi connectivity index (χ1v) is 7.64. The summed E-state index contributed by atoms with van der Waals surface area (Å²) in [5.74, 6) is 0. The molecule has 0 radical (unpaired) electrons. The molecule has 0 amide bonds. The number of benzene rings is 1. The smallest absolute Gasteiger partial charge is 0.0587 e. The highest BCUT2D eigenvalue weighted by atomic mass is 16.5. The van der Waals surface area contributed by atoms with Crippen molar-refractivity contribution in [3.8, 4) is 0 Å². The van der Waals surface area contributed by atoms with Crippen molar-refractivity contribution in [2.24, 2.45) is 0 Å². The van der Waals surface area contributed by atoms with Gasteiger partial charge in [-0.3, -0.25) is 0 Å². The van der Waals surface area contributed by atoms with E-state index in [0.717, 1.165) is 19.7 Å². The van der Waals surface area contributed by atoms with Crippen molar-refractivity contribution in [1.82, 2.24) is 5.32 Å². The van der Waals surface area contributed by atoms with Crippen LogP contribution in [0.3, 0.4) is 0 Å². The van der Waals surface area contributed by atoms with Gasteiger partial charge < -0.3 is 10.1 Å². The Balaban J connectivity index is 2.09. The molecule has 0 saturated heterocycles. The summed E-state index contributed by atoms with van der Waals surface area (Å²) in [6.45, 7) is 5.11. The number of unbranched alkanes of at least 4 members (excludes halogenated alkanes) is 2. The van der Waals surface area contributed by atoms with Crippen molar-refractivity contribution in [2.45, 2.75) is 45.4 Å². The van der Waals surface area contributed by atoms with Crippen LogP contribution in [-0.2, 0) is 17.6 Å². The zero-order valence-corrected chi connectivity index (χ0v) is 12.6. The fraction of sp³-hybridized carbons (Fsp3) is 0.647. The highest BCUT2D eigenvalue weighted by molar-refractivity contribution is 5.22. The van der Waals surface area contributed by atoms with E-state index >= 15 is 0 Å². The summed E-state index contributed by atoms with van der Waals surface area (Å²) in [5.41, 5.74) is 2.95. The monoisotopic (exact) mass is 263 g/mol. The minimum absolute atomic E-state index is 0.805. The Morgan fingerprint density at radius 1 is 0.895 bits per heavy atom. The molecule has 0 fully saturated rings. The lowest BCUT2D eigenvalue weighted by Gasteiger charge is -2.05. The average molecular weight is 263 g/mol. The van der Waals surface area contributed by atoms with Gasteiger partial charge in [-0.2, -0.15) is 0 Å². The summed E-state index contributed by atoms with van der Waals surface area (Å²) in [6, 6.07) is 9.18. The van der Waals surface area contributed by atoms with Crippen molar-refractivity contribution in [2.75, 3.05) is 26.8 Å². The standard InChI is InChI=1S/C17H29NO/c1-3-4-7-16-9-11-17(12-10-16)8-5-6-13-18-14-15-19-2/h9-12,18H,3-8,13-15H2,1-2H3. The van der Waals surface area contributed by atoms with Crippen molar-refractivity contribution >= 4 is 0 Å². The van der Waals surface area contributed by atoms with E-state index in [0.29, 0.717) is 0 Å². The van der Waals surface area contributed by atoms with Crippen LogP contribution in [0.4, 0.5) is 0 Å². The summed E-state index contributed by atoms with van der Waals surface area (Å²) < 4.78 is 4.99. The number of methoxy groups -OCH3 is 1. The number of ether oxygens (including phenoxy) is 1. The third-order valence-corrected chi connectivity index (χ3v) is 3.39. The second-order valence-corrected chi connectivity index (χ2v) is 5.12. The summed E-state index contributed by atoms with van der Waals surface area (Å²) >= 11 is 0. The molecular formula is C17H29NO. The number of aryl methyl sites for hydroxylation is 2. The Bertz CT molecular complexity index is 308. The van der Waals surface area contributed by atoms with Crippen molar-refractivity contribution in [3.05, 3.63) is 35.4 Å². The lowest BCUT2D eigenvalue weighted by atomic mass is 10.0. The topological polar surface area (TPSA) is 21.3 Å². The van der Waals surface area contributed by atoms with Crippen LogP contribution in [0.25, 0.3) is 0 Å². The first kappa shape index (κ1) is 16.2. The van der Waals surface area contributed by atoms with Gasteiger partial charge in [-0.05, 0) is 49.8 Å². The maximum absolute atomic E-state index is 4.99. The first-order chi connectivity index (χ1) is 9.36. The summed E-state index contributed by atoms with van der Waals surface area (Å²) in [4.78, 5) is 0. The molecule has 0 aromatic heterocycles. The molecule has 19 heavy (non-hydrogen) atoms. The predicted octanol–water partition coefficient (Wildman–Crippen LogP) is 3.59. The first-order valence-electron chi connectivity index (χ1n) is 7.64. The van der Waals surface area contributed by atoms with E-state index in [2.05, 4.69) is 36.5 Å². The average Bonchev–Trinajstić information content (AvgIpc) is 2.45. The molecule has 0 saturated carbocycles. The van der Waals surface area contributed by atoms with Crippen LogP contribution in [0.1, 0.15) is 43.7 Å². The fourth-order valence-electron chi connectivity index (χ4n) is 2.13. The minimum Gasteiger partial charge on any atom is -0.383 e. The normalized spacial score (nSPS) is 10.8. The number of hydrogen-bond donors (Lipinski definition) is 1. The van der Waals surface area contributed by atoms with E-state index in [1.165, 1.54) is 49.7 Å². The van der Waals surface area contributed by atoms with Crippen LogP contribution in [0.2, 0.25) is 0 Å². The molecule has 108 valence electrons. The molecule has 2 heteroatoms. The van der Waals surface area contributed by atoms with E-state index in [4.69, 9.17) is 4.74 Å². The van der Waals surface area contributed by atoms with Gasteiger partial charge in [0.05, 0.1) is 6.61 Å². The van der Waals surface area contributed by atoms with Crippen molar-refractivity contribution in [3.63, 3.8) is 0 Å². The number of nitrogens with one attached hydrogen (secondary N) is 1. The van der Waals surface area contributed by atoms with E-state index in [9.17, 15) is 0 Å². The molecule has 1 rings (SSSR count). The van der Waals surface area contributed by atoms with Crippen molar-refractivity contribution in [1.29, 1.82) is 0 Å². The summed E-state index contributed by atoms with van der Waals surface area (Å²) in [7, 11) is 1.74. The molecule has 1 aromatic rings. The number of hydrogen-bond acceptors (Lipinski definition) is 2. The Morgan fingerprint density at radius 3 is 2.11 bits per heavy atom. The molecule has 0 spiro atoms. The summed E-state index contributed by atoms with van der Waals surface area (Å²) in [5, 5.41) is 3.38. The molecule has 0 aliphatic heterocycles. The zero-order valence-electron chi connectivity index (χ0n) is 12.6. The molecule has 0 bridgehead atoms. The SMILES string of the molecule is CCCCc1ccc(CCCCNCCOC)cc1. The highest BCUT2D eigenvalue weighted by Crippen LogP contribution is 2.10. The highest BCUT2D eigenvalue weighted by Gasteiger charge is 1.96. The molecule has 0 aliphatic rings. The molecule has 0 heterocycles. The van der Waals surface area contributed by atoms with Crippen LogP contribution in [0.15, 0.2) is 24.3 Å². The maximum atomic E-state index is 4.99. The van der Waals surface area contributed by atoms with Gasteiger partial charge in [-0.15, -0.1) is 0 Å². The third kappa shape index (κ3) is 8.02. The Labute approximate surface area is 118 Å². The Morgan fingerprint density at radius 2 is 1.53 bits per heavy atom. The van der Waals surface area contributed by atoms with Crippen LogP contribution < -0.4 is 5.32 Å². The summed E-state index contributed by atoms with van der Waals surface area (Å²) in [6.07, 6.45) is 7.49. The molecule has 0 aliphatic carbocycles. The molecule has 1 N–H and O–H groups in total. The fourth-order valence-corrected chi connectivity index (χ4v) is 2.13. The van der Waals surface area contributed by atoms with E-state index in [1.807, 2.05) is 0 Å². The van der Waals surface area contributed by atoms with Gasteiger partial charge in [0.25, 0.3) is 0 Å². The van der Waals surface area contributed by atoms with Gasteiger partial charge in [0.2, 0.25) is 0 Å². The van der Waals surface area contributed by atoms with Gasteiger partial charge in [0.15, 0.2) is 0 Å². The quantitative estimate of drug-likeness (QED) is 0.616. The van der Waals surface area contributed by atoms with Gasteiger partial charge in [-0.25, -0.2) is 0 Å². The Kier molecular flexibility index (Phi) is 9.38. The second kappa shape index (κ2) is 11.0. The lowest BCUT2D eigenvalue weighted by molar-refractivity contribution is 0.199. The van der Waals surface area contributed by atoms with Crippen molar-refractivity contribution < 1.29 is 4.74 Å². The van der Waals surface area contributed by atoms with Crippen LogP contribution >= 0.6 is 0 Å². The van der Waals surface area contributed by atoms with Gasteiger partial charge in [0.1, 0.15) is 0 Å². The van der Waals surface area contributed by atoms with Crippen LogP contribution in [0.5, 0.6) is 0 Å². The van der Waals surface area contributed by atoms with Crippen LogP contribution in [-0.4, -0.2) is 26.8 Å². The van der Waals surface area contributed by atoms with Gasteiger partial charge in [0, 0.05) is 13.7 Å². The maximum Gasteiger partial charge on any atom is 0.0587 e. The third-order valence-electron chi connectivity index (χ3n) is 3.39. The van der Waals surface area contributed by atoms with E-state index in [-0.39, 0.29) is 0 Å². The second-order valence-electron chi connectivity index (χ2n) is 5.12. The minimum atomic E-state index is 0.805. The van der Waals surface area contributed by atoms with E-state index in [1.54, 1.807) is 7.11 Å². The van der Waals surface area contributed by atoms with Gasteiger partial charge in [-0.1, -0.05) is 37.6 Å². The lowest BCUT2D eigenvalue weighted by Crippen LogP contribution is -2.20. The largest absolute Gasteiger partial charge is 0.383 e. The molecular weight excluding hydrogens is 234 g/mol. The molecule has 1 aromatic carbocycles. The van der Waals surface area contributed by atoms with Crippen LogP contribution in [0, 0.1) is 0 Å².